The fourth-order valence-electron chi connectivity index (χ4n) is 3.49. The molecule has 1 aromatic heterocycles. The summed E-state index contributed by atoms with van der Waals surface area (Å²) in [7, 11) is 0. The number of hydrogen-bond acceptors (Lipinski definition) is 6. The summed E-state index contributed by atoms with van der Waals surface area (Å²) < 4.78 is 20.1. The standard InChI is InChI=1S/C23H21ClFN5O2/c1-13-20(14(2)30(29-13)16-6-4-3-5-7-16)23(31)28-15-8-9-18(17(25)12-15)32-19-10-11-27-22(26)21(19)24/h3-13,29H,1-2H3,(H2,26,27)(H,28,31). The van der Waals surface area contributed by atoms with E-state index in [2.05, 4.69) is 15.7 Å². The van der Waals surface area contributed by atoms with E-state index in [1.807, 2.05) is 49.2 Å². The number of nitrogens with one attached hydrogen (secondary N) is 2. The Bertz CT molecular complexity index is 1200. The van der Waals surface area contributed by atoms with Crippen molar-refractivity contribution >= 4 is 34.7 Å². The molecular weight excluding hydrogens is 433 g/mol. The number of para-hydroxylation sites is 1. The Morgan fingerprint density at radius 3 is 2.69 bits per heavy atom. The molecule has 2 heterocycles. The van der Waals surface area contributed by atoms with Crippen molar-refractivity contribution in [3.05, 3.63) is 82.9 Å². The normalized spacial score (nSPS) is 15.8. The van der Waals surface area contributed by atoms with Crippen LogP contribution in [0.1, 0.15) is 13.8 Å². The van der Waals surface area contributed by atoms with Crippen molar-refractivity contribution in [3.63, 3.8) is 0 Å². The highest BCUT2D eigenvalue weighted by molar-refractivity contribution is 6.34. The van der Waals surface area contributed by atoms with Crippen LogP contribution in [0.4, 0.5) is 21.6 Å². The van der Waals surface area contributed by atoms with Crippen LogP contribution in [-0.2, 0) is 4.79 Å². The molecule has 1 amide bonds. The van der Waals surface area contributed by atoms with Gasteiger partial charge in [-0.15, -0.1) is 0 Å². The van der Waals surface area contributed by atoms with Crippen molar-refractivity contribution in [2.45, 2.75) is 19.9 Å². The van der Waals surface area contributed by atoms with Gasteiger partial charge in [0.15, 0.2) is 17.3 Å². The van der Waals surface area contributed by atoms with Crippen molar-refractivity contribution in [3.8, 4) is 11.5 Å². The smallest absolute Gasteiger partial charge is 0.255 e. The van der Waals surface area contributed by atoms with Gasteiger partial charge in [0.05, 0.1) is 17.3 Å². The summed E-state index contributed by atoms with van der Waals surface area (Å²) in [4.78, 5) is 16.8. The number of ether oxygens (including phenoxy) is 1. The second-order valence-corrected chi connectivity index (χ2v) is 7.61. The van der Waals surface area contributed by atoms with Crippen LogP contribution < -0.4 is 26.2 Å². The van der Waals surface area contributed by atoms with Crippen LogP contribution in [0.5, 0.6) is 11.5 Å². The lowest BCUT2D eigenvalue weighted by Gasteiger charge is -2.21. The van der Waals surface area contributed by atoms with E-state index in [1.54, 1.807) is 6.07 Å². The molecule has 7 nitrogen and oxygen atoms in total. The number of allylic oxidation sites excluding steroid dienone is 1. The monoisotopic (exact) mass is 453 g/mol. The quantitative estimate of drug-likeness (QED) is 0.510. The first kappa shape index (κ1) is 21.6. The van der Waals surface area contributed by atoms with E-state index in [0.29, 0.717) is 11.3 Å². The number of rotatable bonds is 5. The number of hydrazine groups is 1. The molecule has 0 saturated carbocycles. The minimum atomic E-state index is -0.663. The van der Waals surface area contributed by atoms with Crippen LogP contribution in [0, 0.1) is 5.82 Å². The molecule has 0 saturated heterocycles. The summed E-state index contributed by atoms with van der Waals surface area (Å²) in [5.74, 6) is -0.775. The third-order valence-corrected chi connectivity index (χ3v) is 5.41. The number of nitrogen functional groups attached to an aromatic ring is 1. The van der Waals surface area contributed by atoms with Crippen LogP contribution in [0.25, 0.3) is 0 Å². The molecule has 1 atom stereocenters. The summed E-state index contributed by atoms with van der Waals surface area (Å²) in [5, 5.41) is 4.71. The highest BCUT2D eigenvalue weighted by Crippen LogP contribution is 2.34. The lowest BCUT2D eigenvalue weighted by molar-refractivity contribution is -0.113. The topological polar surface area (TPSA) is 92.5 Å². The zero-order valence-electron chi connectivity index (χ0n) is 17.4. The van der Waals surface area contributed by atoms with E-state index in [9.17, 15) is 9.18 Å². The molecule has 0 aliphatic carbocycles. The number of anilines is 3. The molecule has 0 spiro atoms. The molecule has 2 aromatic carbocycles. The predicted octanol–water partition coefficient (Wildman–Crippen LogP) is 4.87. The molecule has 4 rings (SSSR count). The Hall–Kier alpha value is -3.62. The Labute approximate surface area is 189 Å². The lowest BCUT2D eigenvalue weighted by Crippen LogP contribution is -2.36. The van der Waals surface area contributed by atoms with E-state index in [4.69, 9.17) is 22.1 Å². The van der Waals surface area contributed by atoms with Gasteiger partial charge in [-0.05, 0) is 38.1 Å². The first-order valence-corrected chi connectivity index (χ1v) is 10.2. The summed E-state index contributed by atoms with van der Waals surface area (Å²) in [6.07, 6.45) is 1.41. The first-order valence-electron chi connectivity index (χ1n) is 9.86. The summed E-state index contributed by atoms with van der Waals surface area (Å²) in [6, 6.07) is 15.1. The zero-order chi connectivity index (χ0) is 22.8. The Kier molecular flexibility index (Phi) is 5.98. The number of pyridine rings is 1. The molecule has 164 valence electrons. The number of halogens is 2. The summed E-state index contributed by atoms with van der Waals surface area (Å²) >= 11 is 6.04. The molecule has 1 aliphatic rings. The van der Waals surface area contributed by atoms with Gasteiger partial charge in [0, 0.05) is 29.7 Å². The summed E-state index contributed by atoms with van der Waals surface area (Å²) in [5.41, 5.74) is 11.5. The predicted molar refractivity (Wildman–Crippen MR) is 123 cm³/mol. The fraction of sp³-hybridized carbons (Fsp3) is 0.130. The number of carbonyl (C=O) groups excluding carboxylic acids is 1. The van der Waals surface area contributed by atoms with Gasteiger partial charge < -0.3 is 15.8 Å². The number of hydrogen-bond donors (Lipinski definition) is 3. The van der Waals surface area contributed by atoms with Gasteiger partial charge in [-0.3, -0.25) is 9.80 Å². The molecule has 0 radical (unpaired) electrons. The van der Waals surface area contributed by atoms with Crippen molar-refractivity contribution in [1.29, 1.82) is 0 Å². The van der Waals surface area contributed by atoms with Gasteiger partial charge >= 0.3 is 0 Å². The minimum Gasteiger partial charge on any atom is -0.453 e. The maximum atomic E-state index is 14.6. The number of amides is 1. The van der Waals surface area contributed by atoms with Crippen LogP contribution in [-0.4, -0.2) is 16.9 Å². The van der Waals surface area contributed by atoms with Crippen LogP contribution in [0.2, 0.25) is 5.02 Å². The van der Waals surface area contributed by atoms with Crippen molar-refractivity contribution < 1.29 is 13.9 Å². The molecule has 1 unspecified atom stereocenters. The zero-order valence-corrected chi connectivity index (χ0v) is 18.2. The Balaban J connectivity index is 1.52. The summed E-state index contributed by atoms with van der Waals surface area (Å²) in [6.45, 7) is 3.75. The van der Waals surface area contributed by atoms with Gasteiger partial charge in [0.1, 0.15) is 10.8 Å². The average Bonchev–Trinajstić information content (AvgIpc) is 3.07. The van der Waals surface area contributed by atoms with Gasteiger partial charge in [-0.25, -0.2) is 14.8 Å². The maximum absolute atomic E-state index is 14.6. The minimum absolute atomic E-state index is 0.0583. The molecule has 0 fully saturated rings. The van der Waals surface area contributed by atoms with Crippen molar-refractivity contribution in [2.75, 3.05) is 16.1 Å². The van der Waals surface area contributed by atoms with E-state index in [-0.39, 0.29) is 34.3 Å². The third kappa shape index (κ3) is 4.23. The highest BCUT2D eigenvalue weighted by atomic mass is 35.5. The first-order chi connectivity index (χ1) is 15.3. The van der Waals surface area contributed by atoms with E-state index in [1.165, 1.54) is 24.4 Å². The number of aromatic nitrogens is 1. The molecule has 0 bridgehead atoms. The third-order valence-electron chi connectivity index (χ3n) is 5.03. The molecule has 32 heavy (non-hydrogen) atoms. The lowest BCUT2D eigenvalue weighted by atomic mass is 10.1. The van der Waals surface area contributed by atoms with Crippen molar-refractivity contribution in [2.24, 2.45) is 0 Å². The van der Waals surface area contributed by atoms with Crippen molar-refractivity contribution in [1.82, 2.24) is 10.4 Å². The second-order valence-electron chi connectivity index (χ2n) is 7.23. The van der Waals surface area contributed by atoms with Gasteiger partial charge in [-0.2, -0.15) is 0 Å². The largest absolute Gasteiger partial charge is 0.453 e. The Morgan fingerprint density at radius 1 is 1.22 bits per heavy atom. The number of nitrogens with zero attached hydrogens (tertiary/aromatic N) is 2. The molecular formula is C23H21ClFN5O2. The van der Waals surface area contributed by atoms with E-state index >= 15 is 0 Å². The number of benzene rings is 2. The SMILES string of the molecule is CC1=C(C(=O)Nc2ccc(Oc3ccnc(N)c3Cl)c(F)c2)C(C)NN1c1ccccc1. The van der Waals surface area contributed by atoms with Gasteiger partial charge in [0.2, 0.25) is 0 Å². The maximum Gasteiger partial charge on any atom is 0.255 e. The van der Waals surface area contributed by atoms with Gasteiger partial charge in [0.25, 0.3) is 5.91 Å². The second kappa shape index (κ2) is 8.86. The number of nitrogens with two attached hydrogens (primary N) is 1. The Morgan fingerprint density at radius 2 is 1.97 bits per heavy atom. The molecule has 1 aliphatic heterocycles. The molecule has 3 aromatic rings. The van der Waals surface area contributed by atoms with Crippen LogP contribution in [0.3, 0.4) is 0 Å². The molecule has 9 heteroatoms. The van der Waals surface area contributed by atoms with Crippen LogP contribution in [0.15, 0.2) is 72.1 Å². The van der Waals surface area contributed by atoms with E-state index < -0.39 is 5.82 Å². The number of carbonyl (C=O) groups is 1. The molecule has 4 N–H and O–H groups in total. The van der Waals surface area contributed by atoms with Crippen LogP contribution >= 0.6 is 11.6 Å². The highest BCUT2D eigenvalue weighted by Gasteiger charge is 2.31. The van der Waals surface area contributed by atoms with E-state index in [0.717, 1.165) is 11.4 Å². The van der Waals surface area contributed by atoms with Gasteiger partial charge in [-0.1, -0.05) is 29.8 Å². The fourth-order valence-corrected chi connectivity index (χ4v) is 3.64. The average molecular weight is 454 g/mol.